The van der Waals surface area contributed by atoms with Crippen LogP contribution in [0.25, 0.3) is 0 Å². The minimum absolute atomic E-state index is 0.506. The van der Waals surface area contributed by atoms with Crippen LogP contribution in [-0.2, 0) is 6.54 Å². The maximum atomic E-state index is 5.92. The zero-order chi connectivity index (χ0) is 16.1. The molecule has 5 heteroatoms. The lowest BCUT2D eigenvalue weighted by Gasteiger charge is -2.24. The van der Waals surface area contributed by atoms with Crippen molar-refractivity contribution in [2.24, 2.45) is 4.99 Å². The van der Waals surface area contributed by atoms with Crippen molar-refractivity contribution in [3.63, 3.8) is 0 Å². The summed E-state index contributed by atoms with van der Waals surface area (Å²) in [6.07, 6.45) is 6.79. The van der Waals surface area contributed by atoms with E-state index in [9.17, 15) is 0 Å². The Labute approximate surface area is 144 Å². The van der Waals surface area contributed by atoms with E-state index >= 15 is 0 Å². The molecular weight excluding hydrogens is 308 g/mol. The third-order valence-electron chi connectivity index (χ3n) is 5.00. The molecule has 1 saturated heterocycles. The van der Waals surface area contributed by atoms with Gasteiger partial charge in [-0.2, -0.15) is 0 Å². The normalized spacial score (nSPS) is 23.4. The monoisotopic (exact) mass is 334 g/mol. The van der Waals surface area contributed by atoms with E-state index in [-0.39, 0.29) is 0 Å². The third kappa shape index (κ3) is 4.61. The topological polar surface area (TPSA) is 39.7 Å². The van der Waals surface area contributed by atoms with Crippen molar-refractivity contribution in [3.05, 3.63) is 34.9 Å². The van der Waals surface area contributed by atoms with Crippen LogP contribution in [0.4, 0.5) is 0 Å². The molecule has 23 heavy (non-hydrogen) atoms. The minimum atomic E-state index is 0.506. The Morgan fingerprint density at radius 2 is 1.96 bits per heavy atom. The Hall–Kier alpha value is -1.26. The van der Waals surface area contributed by atoms with Gasteiger partial charge in [-0.05, 0) is 37.0 Å². The van der Waals surface area contributed by atoms with Gasteiger partial charge in [0, 0.05) is 43.8 Å². The molecule has 3 rings (SSSR count). The average molecular weight is 335 g/mol. The molecule has 2 aliphatic rings. The number of rotatable bonds is 4. The molecule has 1 heterocycles. The van der Waals surface area contributed by atoms with Crippen molar-refractivity contribution in [1.82, 2.24) is 15.5 Å². The van der Waals surface area contributed by atoms with Gasteiger partial charge >= 0.3 is 0 Å². The summed E-state index contributed by atoms with van der Waals surface area (Å²) < 4.78 is 0. The fourth-order valence-corrected chi connectivity index (χ4v) is 3.81. The van der Waals surface area contributed by atoms with Gasteiger partial charge in [0.05, 0.1) is 0 Å². The van der Waals surface area contributed by atoms with Crippen molar-refractivity contribution in [2.45, 2.75) is 50.7 Å². The highest BCUT2D eigenvalue weighted by Gasteiger charge is 2.30. The largest absolute Gasteiger partial charge is 0.352 e. The van der Waals surface area contributed by atoms with Crippen LogP contribution in [0.5, 0.6) is 0 Å². The number of halogens is 1. The molecule has 1 aliphatic carbocycles. The van der Waals surface area contributed by atoms with Gasteiger partial charge in [0.25, 0.3) is 0 Å². The van der Waals surface area contributed by atoms with Crippen molar-refractivity contribution in [3.8, 4) is 0 Å². The van der Waals surface area contributed by atoms with Crippen molar-refractivity contribution in [2.75, 3.05) is 20.1 Å². The summed E-state index contributed by atoms with van der Waals surface area (Å²) in [5.41, 5.74) is 1.20. The number of nitrogens with zero attached hydrogens (tertiary/aromatic N) is 2. The molecule has 1 unspecified atom stereocenters. The lowest BCUT2D eigenvalue weighted by atomic mass is 10.2. The van der Waals surface area contributed by atoms with Crippen LogP contribution in [0.2, 0.25) is 5.02 Å². The lowest BCUT2D eigenvalue weighted by molar-refractivity contribution is 0.242. The first kappa shape index (κ1) is 16.6. The molecule has 0 amide bonds. The second-order valence-corrected chi connectivity index (χ2v) is 7.05. The van der Waals surface area contributed by atoms with Crippen LogP contribution >= 0.6 is 11.6 Å². The first-order valence-electron chi connectivity index (χ1n) is 8.70. The number of likely N-dealkylation sites (tertiary alicyclic amines) is 1. The van der Waals surface area contributed by atoms with Crippen molar-refractivity contribution >= 4 is 17.6 Å². The van der Waals surface area contributed by atoms with E-state index in [0.717, 1.165) is 30.1 Å². The molecule has 1 saturated carbocycles. The number of hydrogen-bond donors (Lipinski definition) is 2. The van der Waals surface area contributed by atoms with Crippen LogP contribution in [0.15, 0.2) is 29.3 Å². The molecule has 1 aliphatic heterocycles. The minimum Gasteiger partial charge on any atom is -0.352 e. The summed E-state index contributed by atoms with van der Waals surface area (Å²) in [6, 6.07) is 9.26. The number of nitrogens with one attached hydrogen (secondary N) is 2. The number of hydrogen-bond acceptors (Lipinski definition) is 2. The molecule has 1 aromatic carbocycles. The quantitative estimate of drug-likeness (QED) is 0.657. The van der Waals surface area contributed by atoms with Gasteiger partial charge in [-0.1, -0.05) is 36.6 Å². The first-order valence-corrected chi connectivity index (χ1v) is 9.08. The Morgan fingerprint density at radius 3 is 2.65 bits per heavy atom. The third-order valence-corrected chi connectivity index (χ3v) is 5.25. The molecule has 2 N–H and O–H groups in total. The fourth-order valence-electron chi connectivity index (χ4n) is 3.68. The van der Waals surface area contributed by atoms with Crippen molar-refractivity contribution in [1.29, 1.82) is 0 Å². The Bertz CT molecular complexity index is 522. The van der Waals surface area contributed by atoms with Crippen LogP contribution in [-0.4, -0.2) is 43.1 Å². The van der Waals surface area contributed by atoms with Gasteiger partial charge < -0.3 is 10.6 Å². The number of guanidine groups is 1. The SMILES string of the molecule is CN=C(NCc1ccc(Cl)cc1)NC1CCN(C2CCCC2)C1. The second-order valence-electron chi connectivity index (χ2n) is 6.62. The van der Waals surface area contributed by atoms with Crippen LogP contribution in [0, 0.1) is 0 Å². The standard InChI is InChI=1S/C18H27ClN4/c1-20-18(21-12-14-6-8-15(19)9-7-14)22-16-10-11-23(13-16)17-4-2-3-5-17/h6-9,16-17H,2-5,10-13H2,1H3,(H2,20,21,22). The van der Waals surface area contributed by atoms with Crippen LogP contribution in [0.1, 0.15) is 37.7 Å². The molecule has 4 nitrogen and oxygen atoms in total. The molecular formula is C18H27ClN4. The number of aliphatic imine (C=N–C) groups is 1. The molecule has 126 valence electrons. The smallest absolute Gasteiger partial charge is 0.191 e. The Kier molecular flexibility index (Phi) is 5.79. The zero-order valence-corrected chi connectivity index (χ0v) is 14.6. The van der Waals surface area contributed by atoms with E-state index < -0.39 is 0 Å². The van der Waals surface area contributed by atoms with Crippen LogP contribution in [0.3, 0.4) is 0 Å². The fraction of sp³-hybridized carbons (Fsp3) is 0.611. The summed E-state index contributed by atoms with van der Waals surface area (Å²) in [7, 11) is 1.83. The molecule has 0 spiro atoms. The van der Waals surface area contributed by atoms with E-state index in [1.807, 2.05) is 31.3 Å². The molecule has 0 bridgehead atoms. The predicted octanol–water partition coefficient (Wildman–Crippen LogP) is 3.02. The molecule has 1 aromatic rings. The molecule has 0 radical (unpaired) electrons. The van der Waals surface area contributed by atoms with Gasteiger partial charge in [0.15, 0.2) is 5.96 Å². The molecule has 2 fully saturated rings. The van der Waals surface area contributed by atoms with Gasteiger partial charge in [0.2, 0.25) is 0 Å². The predicted molar refractivity (Wildman–Crippen MR) is 97.0 cm³/mol. The van der Waals surface area contributed by atoms with E-state index in [1.165, 1.54) is 44.2 Å². The summed E-state index contributed by atoms with van der Waals surface area (Å²) in [5, 5.41) is 7.74. The second kappa shape index (κ2) is 8.02. The summed E-state index contributed by atoms with van der Waals surface area (Å²) in [5.74, 6) is 0.887. The molecule has 0 aromatic heterocycles. The van der Waals surface area contributed by atoms with E-state index in [0.29, 0.717) is 6.04 Å². The zero-order valence-electron chi connectivity index (χ0n) is 13.9. The Morgan fingerprint density at radius 1 is 1.22 bits per heavy atom. The van der Waals surface area contributed by atoms with E-state index in [4.69, 9.17) is 11.6 Å². The number of benzene rings is 1. The lowest BCUT2D eigenvalue weighted by Crippen LogP contribution is -2.45. The summed E-state index contributed by atoms with van der Waals surface area (Å²) in [6.45, 7) is 3.12. The highest BCUT2D eigenvalue weighted by Crippen LogP contribution is 2.26. The Balaban J connectivity index is 1.45. The highest BCUT2D eigenvalue weighted by molar-refractivity contribution is 6.30. The van der Waals surface area contributed by atoms with E-state index in [2.05, 4.69) is 20.5 Å². The highest BCUT2D eigenvalue weighted by atomic mass is 35.5. The van der Waals surface area contributed by atoms with Gasteiger partial charge in [-0.15, -0.1) is 0 Å². The van der Waals surface area contributed by atoms with Crippen LogP contribution < -0.4 is 10.6 Å². The van der Waals surface area contributed by atoms with E-state index in [1.54, 1.807) is 0 Å². The maximum absolute atomic E-state index is 5.92. The average Bonchev–Trinajstić information content (AvgIpc) is 3.24. The van der Waals surface area contributed by atoms with Gasteiger partial charge in [-0.25, -0.2) is 0 Å². The van der Waals surface area contributed by atoms with Gasteiger partial charge in [-0.3, -0.25) is 9.89 Å². The summed E-state index contributed by atoms with van der Waals surface area (Å²) in [4.78, 5) is 7.02. The maximum Gasteiger partial charge on any atom is 0.191 e. The molecule has 1 atom stereocenters. The van der Waals surface area contributed by atoms with Crippen molar-refractivity contribution < 1.29 is 0 Å². The summed E-state index contributed by atoms with van der Waals surface area (Å²) >= 11 is 5.92. The van der Waals surface area contributed by atoms with Gasteiger partial charge in [0.1, 0.15) is 0 Å². The first-order chi connectivity index (χ1) is 11.2.